The minimum absolute atomic E-state index is 0.194. The molecular formula is C22H14F2N2O2. The molecular weight excluding hydrogens is 362 g/mol. The van der Waals surface area contributed by atoms with E-state index < -0.39 is 17.5 Å². The summed E-state index contributed by atoms with van der Waals surface area (Å²) in [4.78, 5) is 12.5. The van der Waals surface area contributed by atoms with Gasteiger partial charge in [0.1, 0.15) is 17.4 Å². The number of hydrogen-bond acceptors (Lipinski definition) is 3. The van der Waals surface area contributed by atoms with E-state index in [9.17, 15) is 18.8 Å². The van der Waals surface area contributed by atoms with Crippen LogP contribution in [-0.4, -0.2) is 5.91 Å². The van der Waals surface area contributed by atoms with Gasteiger partial charge in [-0.15, -0.1) is 0 Å². The van der Waals surface area contributed by atoms with Gasteiger partial charge in [0.05, 0.1) is 5.69 Å². The molecule has 0 aliphatic heterocycles. The highest BCUT2D eigenvalue weighted by Gasteiger charge is 2.13. The Balaban J connectivity index is 1.82. The van der Waals surface area contributed by atoms with Crippen LogP contribution in [0.25, 0.3) is 6.08 Å². The second-order valence-electron chi connectivity index (χ2n) is 5.71. The first-order chi connectivity index (χ1) is 13.6. The molecule has 0 saturated carbocycles. The van der Waals surface area contributed by atoms with Gasteiger partial charge in [0.25, 0.3) is 5.91 Å². The molecule has 0 atom stereocenters. The summed E-state index contributed by atoms with van der Waals surface area (Å²) in [5.41, 5.74) is 0.294. The number of rotatable bonds is 5. The lowest BCUT2D eigenvalue weighted by molar-refractivity contribution is -0.112. The molecule has 1 N–H and O–H groups in total. The van der Waals surface area contributed by atoms with E-state index in [-0.39, 0.29) is 11.1 Å². The van der Waals surface area contributed by atoms with Gasteiger partial charge in [0, 0.05) is 0 Å². The van der Waals surface area contributed by atoms with Crippen LogP contribution in [-0.2, 0) is 4.79 Å². The van der Waals surface area contributed by atoms with E-state index in [1.165, 1.54) is 12.1 Å². The van der Waals surface area contributed by atoms with Crippen molar-refractivity contribution >= 4 is 17.7 Å². The molecule has 0 heterocycles. The zero-order chi connectivity index (χ0) is 19.9. The van der Waals surface area contributed by atoms with Gasteiger partial charge in [0.2, 0.25) is 0 Å². The Morgan fingerprint density at radius 1 is 0.964 bits per heavy atom. The standard InChI is InChI=1S/C22H14F2N2O2/c23-18-11-10-15(13-19(18)24)12-16(14-25)22(27)26-20-8-4-5-9-21(20)28-17-6-2-1-3-7-17/h1-13H,(H,26,27)/b16-12+. The van der Waals surface area contributed by atoms with E-state index in [2.05, 4.69) is 5.32 Å². The summed E-state index contributed by atoms with van der Waals surface area (Å²) in [6, 6.07) is 20.6. The maximum atomic E-state index is 13.3. The lowest BCUT2D eigenvalue weighted by Gasteiger charge is -2.12. The fourth-order valence-corrected chi connectivity index (χ4v) is 2.38. The molecule has 3 aromatic rings. The molecule has 0 bridgehead atoms. The molecule has 0 unspecified atom stereocenters. The Morgan fingerprint density at radius 2 is 1.68 bits per heavy atom. The molecule has 28 heavy (non-hydrogen) atoms. The molecule has 0 fully saturated rings. The molecule has 1 amide bonds. The summed E-state index contributed by atoms with van der Waals surface area (Å²) >= 11 is 0. The number of hydrogen-bond donors (Lipinski definition) is 1. The van der Waals surface area contributed by atoms with Crippen LogP contribution in [0.3, 0.4) is 0 Å². The number of para-hydroxylation sites is 3. The van der Waals surface area contributed by atoms with E-state index in [1.807, 2.05) is 18.2 Å². The Kier molecular flexibility index (Phi) is 5.78. The molecule has 6 heteroatoms. The largest absolute Gasteiger partial charge is 0.455 e. The van der Waals surface area contributed by atoms with Crippen molar-refractivity contribution in [2.75, 3.05) is 5.32 Å². The van der Waals surface area contributed by atoms with Crippen LogP contribution in [0, 0.1) is 23.0 Å². The SMILES string of the molecule is N#C/C(=C\c1ccc(F)c(F)c1)C(=O)Nc1ccccc1Oc1ccccc1. The van der Waals surface area contributed by atoms with Gasteiger partial charge >= 0.3 is 0 Å². The smallest absolute Gasteiger partial charge is 0.266 e. The van der Waals surface area contributed by atoms with Gasteiger partial charge in [-0.1, -0.05) is 36.4 Å². The van der Waals surface area contributed by atoms with E-state index >= 15 is 0 Å². The Labute approximate surface area is 160 Å². The molecule has 3 rings (SSSR count). The normalized spacial score (nSPS) is 10.8. The van der Waals surface area contributed by atoms with E-state index in [0.29, 0.717) is 17.2 Å². The highest BCUT2D eigenvalue weighted by atomic mass is 19.2. The number of ether oxygens (including phenoxy) is 1. The van der Waals surface area contributed by atoms with Crippen molar-refractivity contribution in [2.45, 2.75) is 0 Å². The molecule has 0 aliphatic rings. The molecule has 0 saturated heterocycles. The van der Waals surface area contributed by atoms with Gasteiger partial charge in [-0.25, -0.2) is 8.78 Å². The van der Waals surface area contributed by atoms with Crippen LogP contribution in [0.4, 0.5) is 14.5 Å². The molecule has 0 spiro atoms. The first-order valence-electron chi connectivity index (χ1n) is 8.27. The first-order valence-corrected chi connectivity index (χ1v) is 8.27. The number of halogens is 2. The maximum Gasteiger partial charge on any atom is 0.266 e. The van der Waals surface area contributed by atoms with Gasteiger partial charge in [-0.3, -0.25) is 4.79 Å². The van der Waals surface area contributed by atoms with Crippen molar-refractivity contribution in [2.24, 2.45) is 0 Å². The zero-order valence-electron chi connectivity index (χ0n) is 14.5. The lowest BCUT2D eigenvalue weighted by Crippen LogP contribution is -2.14. The van der Waals surface area contributed by atoms with Crippen molar-refractivity contribution in [1.82, 2.24) is 0 Å². The van der Waals surface area contributed by atoms with Crippen LogP contribution in [0.1, 0.15) is 5.56 Å². The average Bonchev–Trinajstić information content (AvgIpc) is 2.71. The Hall–Kier alpha value is -3.98. The highest BCUT2D eigenvalue weighted by Crippen LogP contribution is 2.29. The Bertz CT molecular complexity index is 1070. The molecule has 0 aliphatic carbocycles. The number of amides is 1. The second kappa shape index (κ2) is 8.60. The van der Waals surface area contributed by atoms with Crippen molar-refractivity contribution in [3.05, 3.63) is 95.6 Å². The number of anilines is 1. The predicted octanol–water partition coefficient (Wildman–Crippen LogP) is 5.30. The quantitative estimate of drug-likeness (QED) is 0.485. The van der Waals surface area contributed by atoms with Crippen molar-refractivity contribution < 1.29 is 18.3 Å². The van der Waals surface area contributed by atoms with Gasteiger partial charge in [0.15, 0.2) is 17.4 Å². The summed E-state index contributed by atoms with van der Waals surface area (Å²) in [6.07, 6.45) is 1.18. The number of nitrogens with one attached hydrogen (secondary N) is 1. The summed E-state index contributed by atoms with van der Waals surface area (Å²) in [7, 11) is 0. The van der Waals surface area contributed by atoms with Gasteiger partial charge < -0.3 is 10.1 Å². The van der Waals surface area contributed by atoms with Crippen LogP contribution in [0.15, 0.2) is 78.4 Å². The minimum atomic E-state index is -1.06. The summed E-state index contributed by atoms with van der Waals surface area (Å²) in [6.45, 7) is 0. The predicted molar refractivity (Wildman–Crippen MR) is 102 cm³/mol. The monoisotopic (exact) mass is 376 g/mol. The zero-order valence-corrected chi connectivity index (χ0v) is 14.5. The average molecular weight is 376 g/mol. The van der Waals surface area contributed by atoms with E-state index in [4.69, 9.17) is 4.74 Å². The molecule has 4 nitrogen and oxygen atoms in total. The van der Waals surface area contributed by atoms with Crippen LogP contribution in [0.5, 0.6) is 11.5 Å². The number of nitrogens with zero attached hydrogens (tertiary/aromatic N) is 1. The van der Waals surface area contributed by atoms with Gasteiger partial charge in [-0.2, -0.15) is 5.26 Å². The van der Waals surface area contributed by atoms with Crippen LogP contribution in [0.2, 0.25) is 0 Å². The molecule has 3 aromatic carbocycles. The van der Waals surface area contributed by atoms with Crippen molar-refractivity contribution in [1.29, 1.82) is 5.26 Å². The number of carbonyl (C=O) groups excluding carboxylic acids is 1. The van der Waals surface area contributed by atoms with Crippen molar-refractivity contribution in [3.63, 3.8) is 0 Å². The number of nitriles is 1. The Morgan fingerprint density at radius 3 is 2.39 bits per heavy atom. The van der Waals surface area contributed by atoms with Crippen molar-refractivity contribution in [3.8, 4) is 17.6 Å². The van der Waals surface area contributed by atoms with Crippen LogP contribution >= 0.6 is 0 Å². The lowest BCUT2D eigenvalue weighted by atomic mass is 10.1. The fourth-order valence-electron chi connectivity index (χ4n) is 2.38. The minimum Gasteiger partial charge on any atom is -0.455 e. The molecule has 0 aromatic heterocycles. The second-order valence-corrected chi connectivity index (χ2v) is 5.71. The summed E-state index contributed by atoms with van der Waals surface area (Å²) in [5.74, 6) is -1.79. The number of carbonyl (C=O) groups is 1. The third-order valence-electron chi connectivity index (χ3n) is 3.73. The third kappa shape index (κ3) is 4.59. The van der Waals surface area contributed by atoms with E-state index in [1.54, 1.807) is 42.5 Å². The third-order valence-corrected chi connectivity index (χ3v) is 3.73. The highest BCUT2D eigenvalue weighted by molar-refractivity contribution is 6.10. The topological polar surface area (TPSA) is 62.1 Å². The van der Waals surface area contributed by atoms with Crippen LogP contribution < -0.4 is 10.1 Å². The van der Waals surface area contributed by atoms with E-state index in [0.717, 1.165) is 12.1 Å². The summed E-state index contributed by atoms with van der Waals surface area (Å²) < 4.78 is 32.1. The molecule has 138 valence electrons. The fraction of sp³-hybridized carbons (Fsp3) is 0. The maximum absolute atomic E-state index is 13.3. The summed E-state index contributed by atoms with van der Waals surface area (Å²) in [5, 5.41) is 11.9. The first kappa shape index (κ1) is 18.8. The molecule has 0 radical (unpaired) electrons. The number of benzene rings is 3. The van der Waals surface area contributed by atoms with Gasteiger partial charge in [-0.05, 0) is 48.0 Å².